The fraction of sp³-hybridized carbons (Fsp3) is 0.200. The molecule has 0 radical (unpaired) electrons. The summed E-state index contributed by atoms with van der Waals surface area (Å²) in [6.07, 6.45) is 6.29. The molecule has 3 aliphatic heterocycles. The Balaban J connectivity index is 1.08. The van der Waals surface area contributed by atoms with Gasteiger partial charge in [0, 0.05) is 53.2 Å². The molecule has 1 unspecified atom stereocenters. The summed E-state index contributed by atoms with van der Waals surface area (Å²) >= 11 is 0. The molecule has 0 bridgehead atoms. The van der Waals surface area contributed by atoms with Crippen LogP contribution in [0.5, 0.6) is 5.75 Å². The van der Waals surface area contributed by atoms with E-state index >= 15 is 0 Å². The van der Waals surface area contributed by atoms with E-state index < -0.39 is 7.12 Å². The Kier molecular flexibility index (Phi) is 6.17. The molecule has 2 aromatic carbocycles. The van der Waals surface area contributed by atoms with Crippen molar-refractivity contribution in [3.63, 3.8) is 0 Å². The normalized spacial score (nSPS) is 17.0. The van der Waals surface area contributed by atoms with Crippen molar-refractivity contribution in [2.24, 2.45) is 0 Å². The molecule has 1 fully saturated rings. The highest BCUT2D eigenvalue weighted by molar-refractivity contribution is 6.61. The smallest absolute Gasteiger partial charge is 0.485 e. The zero-order chi connectivity index (χ0) is 28.1. The van der Waals surface area contributed by atoms with Gasteiger partial charge in [0.25, 0.3) is 5.91 Å². The van der Waals surface area contributed by atoms with Crippen LogP contribution in [0, 0.1) is 0 Å². The van der Waals surface area contributed by atoms with Gasteiger partial charge in [-0.25, -0.2) is 4.98 Å². The number of anilines is 4. The Bertz CT molecular complexity index is 1710. The molecule has 2 amide bonds. The van der Waals surface area contributed by atoms with Crippen LogP contribution in [0.2, 0.25) is 0 Å². The van der Waals surface area contributed by atoms with Gasteiger partial charge in [0.15, 0.2) is 0 Å². The van der Waals surface area contributed by atoms with E-state index in [0.717, 1.165) is 46.7 Å². The number of aromatic nitrogens is 2. The zero-order valence-corrected chi connectivity index (χ0v) is 22.3. The van der Waals surface area contributed by atoms with E-state index in [0.29, 0.717) is 34.6 Å². The lowest BCUT2D eigenvalue weighted by Gasteiger charge is -2.28. The average Bonchev–Trinajstić information content (AvgIpc) is 3.58. The summed E-state index contributed by atoms with van der Waals surface area (Å²) in [7, 11) is -0.949. The minimum atomic E-state index is -0.949. The summed E-state index contributed by atoms with van der Waals surface area (Å²) in [5.74, 6) is 1.21. The first-order valence-corrected chi connectivity index (χ1v) is 13.5. The van der Waals surface area contributed by atoms with Gasteiger partial charge < -0.3 is 29.9 Å². The Morgan fingerprint density at radius 2 is 1.95 bits per heavy atom. The number of nitrogens with zero attached hydrogens (tertiary/aromatic N) is 3. The molecule has 3 aliphatic rings. The van der Waals surface area contributed by atoms with E-state index in [4.69, 9.17) is 9.39 Å². The molecule has 0 saturated carbocycles. The van der Waals surface area contributed by atoms with Crippen molar-refractivity contribution < 1.29 is 24.0 Å². The molecule has 0 aliphatic carbocycles. The van der Waals surface area contributed by atoms with E-state index in [1.54, 1.807) is 36.7 Å². The van der Waals surface area contributed by atoms with Gasteiger partial charge in [0.1, 0.15) is 17.7 Å². The third kappa shape index (κ3) is 4.68. The van der Waals surface area contributed by atoms with Gasteiger partial charge in [-0.05, 0) is 60.8 Å². The molecule has 10 nitrogen and oxygen atoms in total. The number of nitrogens with one attached hydrogen (secondary N) is 2. The van der Waals surface area contributed by atoms with E-state index in [1.165, 1.54) is 0 Å². The molecule has 204 valence electrons. The molecular formula is C30H26BN5O5. The summed E-state index contributed by atoms with van der Waals surface area (Å²) in [4.78, 5) is 35.8. The molecular weight excluding hydrogens is 521 g/mol. The van der Waals surface area contributed by atoms with Crippen molar-refractivity contribution in [2.75, 3.05) is 22.1 Å². The largest absolute Gasteiger partial charge is 0.491 e. The summed E-state index contributed by atoms with van der Waals surface area (Å²) in [6.45, 7) is 2.99. The van der Waals surface area contributed by atoms with Crippen LogP contribution in [-0.2, 0) is 16.1 Å². The van der Waals surface area contributed by atoms with Gasteiger partial charge in [-0.1, -0.05) is 6.07 Å². The fourth-order valence-corrected chi connectivity index (χ4v) is 5.57. The van der Waals surface area contributed by atoms with Gasteiger partial charge in [-0.2, -0.15) is 0 Å². The van der Waals surface area contributed by atoms with E-state index in [1.807, 2.05) is 42.3 Å². The fourth-order valence-electron chi connectivity index (χ4n) is 5.57. The van der Waals surface area contributed by atoms with Crippen LogP contribution in [0.3, 0.4) is 0 Å². The molecule has 1 atom stereocenters. The highest BCUT2D eigenvalue weighted by Crippen LogP contribution is 2.44. The lowest BCUT2D eigenvalue weighted by Crippen LogP contribution is -2.28. The van der Waals surface area contributed by atoms with Crippen LogP contribution >= 0.6 is 0 Å². The van der Waals surface area contributed by atoms with Crippen molar-refractivity contribution in [1.82, 2.24) is 9.97 Å². The van der Waals surface area contributed by atoms with Gasteiger partial charge >= 0.3 is 7.12 Å². The first kappa shape index (κ1) is 25.2. The van der Waals surface area contributed by atoms with Gasteiger partial charge in [-0.3, -0.25) is 14.6 Å². The average molecular weight is 547 g/mol. The number of benzene rings is 2. The van der Waals surface area contributed by atoms with Gasteiger partial charge in [0.05, 0.1) is 30.4 Å². The van der Waals surface area contributed by atoms with Crippen molar-refractivity contribution in [3.05, 3.63) is 83.8 Å². The monoisotopic (exact) mass is 547 g/mol. The molecule has 4 aromatic rings. The van der Waals surface area contributed by atoms with Crippen LogP contribution in [0.4, 0.5) is 22.9 Å². The summed E-state index contributed by atoms with van der Waals surface area (Å²) < 4.78 is 11.5. The molecule has 1 saturated heterocycles. The minimum Gasteiger partial charge on any atom is -0.485 e. The minimum absolute atomic E-state index is 0.142. The molecule has 41 heavy (non-hydrogen) atoms. The second-order valence-electron chi connectivity index (χ2n) is 10.4. The van der Waals surface area contributed by atoms with Crippen LogP contribution in [0.25, 0.3) is 11.1 Å². The highest BCUT2D eigenvalue weighted by atomic mass is 16.5. The topological polar surface area (TPSA) is 126 Å². The van der Waals surface area contributed by atoms with Crippen LogP contribution < -0.4 is 25.7 Å². The number of hydrogen-bond donors (Lipinski definition) is 3. The van der Waals surface area contributed by atoms with Crippen molar-refractivity contribution in [2.45, 2.75) is 32.5 Å². The number of fused-ring (bicyclic) bond motifs is 4. The first-order chi connectivity index (χ1) is 19.9. The van der Waals surface area contributed by atoms with Crippen LogP contribution in [0.15, 0.2) is 67.1 Å². The van der Waals surface area contributed by atoms with E-state index in [2.05, 4.69) is 20.6 Å². The maximum Gasteiger partial charge on any atom is 0.491 e. The second-order valence-corrected chi connectivity index (χ2v) is 10.4. The van der Waals surface area contributed by atoms with Crippen molar-refractivity contribution >= 4 is 47.3 Å². The predicted octanol–water partition coefficient (Wildman–Crippen LogP) is 3.94. The Morgan fingerprint density at radius 3 is 2.80 bits per heavy atom. The Labute approximate surface area is 236 Å². The number of ether oxygens (including phenoxy) is 1. The molecule has 2 aromatic heterocycles. The van der Waals surface area contributed by atoms with Crippen LogP contribution in [0.1, 0.15) is 47.4 Å². The third-order valence-corrected chi connectivity index (χ3v) is 7.65. The van der Waals surface area contributed by atoms with E-state index in [-0.39, 0.29) is 24.5 Å². The van der Waals surface area contributed by atoms with E-state index in [9.17, 15) is 14.6 Å². The van der Waals surface area contributed by atoms with Crippen molar-refractivity contribution in [1.29, 1.82) is 0 Å². The zero-order valence-electron chi connectivity index (χ0n) is 22.3. The third-order valence-electron chi connectivity index (χ3n) is 7.65. The molecule has 7 rings (SSSR count). The molecule has 5 heterocycles. The summed E-state index contributed by atoms with van der Waals surface area (Å²) in [5.41, 5.74) is 6.88. The quantitative estimate of drug-likeness (QED) is 0.321. The lowest BCUT2D eigenvalue weighted by atomic mass is 9.79. The number of rotatable bonds is 5. The maximum absolute atomic E-state index is 12.9. The number of carbonyl (C=O) groups is 2. The first-order valence-electron chi connectivity index (χ1n) is 13.5. The highest BCUT2D eigenvalue weighted by Gasteiger charge is 2.29. The van der Waals surface area contributed by atoms with Gasteiger partial charge in [0.2, 0.25) is 5.91 Å². The lowest BCUT2D eigenvalue weighted by molar-refractivity contribution is -0.117. The number of amides is 2. The standard InChI is InChI=1S/C30H26BN5O5/c1-17-24-12-28(33-15-25(24)23-6-5-22(11-27(23)41-17)36-8-2-3-29(36)37)34-20-10-21(14-32-13-20)35-30(38)18-4-7-26-19(9-18)16-40-31(26)39/h4-7,9-15,17,39H,2-3,8,16H2,1H3,(H,33,34)(H,35,38). The predicted molar refractivity (Wildman–Crippen MR) is 155 cm³/mol. The SMILES string of the molecule is CC1Oc2cc(N3CCCC3=O)ccc2-c2cnc(Nc3cncc(NC(=O)c4ccc5c(c4)COB5O)c3)cc21. The maximum atomic E-state index is 12.9. The Morgan fingerprint density at radius 1 is 1.07 bits per heavy atom. The number of hydrogen-bond acceptors (Lipinski definition) is 8. The number of carbonyl (C=O) groups excluding carboxylic acids is 2. The molecule has 3 N–H and O–H groups in total. The molecule has 0 spiro atoms. The van der Waals surface area contributed by atoms with Crippen molar-refractivity contribution in [3.8, 4) is 16.9 Å². The summed E-state index contributed by atoms with van der Waals surface area (Å²) in [5, 5.41) is 16.0. The Hall–Kier alpha value is -4.74. The second kappa shape index (κ2) is 10.0. The van der Waals surface area contributed by atoms with Crippen LogP contribution in [-0.4, -0.2) is 40.5 Å². The summed E-state index contributed by atoms with van der Waals surface area (Å²) in [6, 6.07) is 14.7. The molecule has 11 heteroatoms. The number of pyridine rings is 2. The van der Waals surface area contributed by atoms with Gasteiger partial charge in [-0.15, -0.1) is 0 Å².